The smallest absolute Gasteiger partial charge is 0.286 e. The van der Waals surface area contributed by atoms with Crippen LogP contribution in [-0.2, 0) is 16.6 Å². The lowest BCUT2D eigenvalue weighted by atomic mass is 10.1. The summed E-state index contributed by atoms with van der Waals surface area (Å²) in [5, 5.41) is 15.9. The van der Waals surface area contributed by atoms with Gasteiger partial charge in [-0.1, -0.05) is 12.1 Å². The van der Waals surface area contributed by atoms with Crippen molar-refractivity contribution in [3.05, 3.63) is 81.7 Å². The van der Waals surface area contributed by atoms with E-state index in [1.54, 1.807) is 54.2 Å². The second kappa shape index (κ2) is 6.78. The highest BCUT2D eigenvalue weighted by atomic mass is 32.2. The van der Waals surface area contributed by atoms with Crippen molar-refractivity contribution in [1.82, 2.24) is 9.55 Å². The van der Waals surface area contributed by atoms with E-state index < -0.39 is 15.6 Å². The zero-order valence-corrected chi connectivity index (χ0v) is 16.9. The van der Waals surface area contributed by atoms with Gasteiger partial charge in [-0.3, -0.25) is 14.3 Å². The Morgan fingerprint density at radius 2 is 1.87 bits per heavy atom. The standard InChI is InChI=1S/C20H14N4O4S2/c25-17-13-7-10-29-20(13)24(11-12-5-8-21-9-6-12)19(26)16(17)18-22-14-3-1-2-4-15(14)30(27,28)23-18/h1-10,25H,11H2,(H,22,23). The highest BCUT2D eigenvalue weighted by Crippen LogP contribution is 2.34. The van der Waals surface area contributed by atoms with Crippen molar-refractivity contribution < 1.29 is 13.5 Å². The number of thiophene rings is 1. The van der Waals surface area contributed by atoms with E-state index >= 15 is 0 Å². The van der Waals surface area contributed by atoms with Gasteiger partial charge in [0.2, 0.25) is 0 Å². The molecule has 0 saturated heterocycles. The zero-order chi connectivity index (χ0) is 20.9. The van der Waals surface area contributed by atoms with E-state index in [4.69, 9.17) is 0 Å². The second-order valence-electron chi connectivity index (χ2n) is 6.65. The average Bonchev–Trinajstić information content (AvgIpc) is 3.22. The molecule has 0 aliphatic carbocycles. The molecule has 1 aliphatic rings. The van der Waals surface area contributed by atoms with Gasteiger partial charge >= 0.3 is 0 Å². The van der Waals surface area contributed by atoms with Gasteiger partial charge in [-0.2, -0.15) is 8.42 Å². The highest BCUT2D eigenvalue weighted by molar-refractivity contribution is 7.90. The third-order valence-electron chi connectivity index (χ3n) is 4.80. The molecule has 5 rings (SSSR count). The molecule has 0 bridgehead atoms. The van der Waals surface area contributed by atoms with Crippen LogP contribution in [0.1, 0.15) is 11.1 Å². The maximum Gasteiger partial charge on any atom is 0.286 e. The van der Waals surface area contributed by atoms with Gasteiger partial charge in [-0.15, -0.1) is 15.7 Å². The third-order valence-corrected chi connectivity index (χ3v) is 7.07. The first-order chi connectivity index (χ1) is 14.5. The number of nitrogens with zero attached hydrogens (tertiary/aromatic N) is 3. The molecule has 2 N–H and O–H groups in total. The first-order valence-corrected chi connectivity index (χ1v) is 11.2. The van der Waals surface area contributed by atoms with E-state index in [0.29, 0.717) is 15.9 Å². The summed E-state index contributed by atoms with van der Waals surface area (Å²) in [6.07, 6.45) is 3.26. The second-order valence-corrected chi connectivity index (χ2v) is 9.11. The van der Waals surface area contributed by atoms with Crippen LogP contribution in [-0.4, -0.2) is 28.9 Å². The minimum absolute atomic E-state index is 0.0157. The quantitative estimate of drug-likeness (QED) is 0.508. The lowest BCUT2D eigenvalue weighted by Crippen LogP contribution is -2.32. The Balaban J connectivity index is 1.75. The molecule has 0 unspecified atom stereocenters. The van der Waals surface area contributed by atoms with Gasteiger partial charge in [0.25, 0.3) is 15.6 Å². The largest absolute Gasteiger partial charge is 0.506 e. The van der Waals surface area contributed by atoms with Crippen molar-refractivity contribution in [3.63, 3.8) is 0 Å². The Morgan fingerprint density at radius 3 is 2.67 bits per heavy atom. The van der Waals surface area contributed by atoms with Crippen LogP contribution in [0.5, 0.6) is 5.75 Å². The molecular formula is C20H14N4O4S2. The fourth-order valence-corrected chi connectivity index (χ4v) is 5.43. The van der Waals surface area contributed by atoms with Crippen LogP contribution in [0.25, 0.3) is 10.2 Å². The number of aromatic nitrogens is 2. The summed E-state index contributed by atoms with van der Waals surface area (Å²) in [7, 11) is -4.02. The summed E-state index contributed by atoms with van der Waals surface area (Å²) < 4.78 is 30.6. The number of para-hydroxylation sites is 1. The van der Waals surface area contributed by atoms with Crippen LogP contribution in [0.15, 0.2) is 74.3 Å². The molecule has 4 aromatic rings. The van der Waals surface area contributed by atoms with Crippen molar-refractivity contribution in [2.75, 3.05) is 5.32 Å². The van der Waals surface area contributed by atoms with Crippen LogP contribution in [0.2, 0.25) is 0 Å². The molecule has 4 heterocycles. The Kier molecular flexibility index (Phi) is 4.19. The topological polar surface area (TPSA) is 114 Å². The van der Waals surface area contributed by atoms with E-state index in [-0.39, 0.29) is 28.6 Å². The van der Waals surface area contributed by atoms with E-state index in [1.165, 1.54) is 22.0 Å². The number of hydrogen-bond donors (Lipinski definition) is 2. The molecule has 0 fully saturated rings. The van der Waals surface area contributed by atoms with Crippen molar-refractivity contribution in [2.45, 2.75) is 11.4 Å². The van der Waals surface area contributed by atoms with E-state index in [9.17, 15) is 18.3 Å². The normalized spacial score (nSPS) is 14.7. The van der Waals surface area contributed by atoms with Gasteiger partial charge in [0.15, 0.2) is 5.84 Å². The summed E-state index contributed by atoms with van der Waals surface area (Å²) in [4.78, 5) is 18.0. The molecule has 1 aromatic carbocycles. The van der Waals surface area contributed by atoms with Gasteiger partial charge in [0.05, 0.1) is 17.6 Å². The van der Waals surface area contributed by atoms with E-state index in [2.05, 4.69) is 14.7 Å². The van der Waals surface area contributed by atoms with E-state index in [1.807, 2.05) is 0 Å². The number of pyridine rings is 2. The van der Waals surface area contributed by atoms with Gasteiger partial charge in [0.1, 0.15) is 21.0 Å². The predicted molar refractivity (Wildman–Crippen MR) is 115 cm³/mol. The number of hydrogen-bond acceptors (Lipinski definition) is 7. The molecule has 0 saturated carbocycles. The number of nitrogens with one attached hydrogen (secondary N) is 1. The number of rotatable bonds is 3. The summed E-state index contributed by atoms with van der Waals surface area (Å²) in [6.45, 7) is 0.238. The summed E-state index contributed by atoms with van der Waals surface area (Å²) >= 11 is 1.31. The minimum atomic E-state index is -4.02. The van der Waals surface area contributed by atoms with Crippen LogP contribution in [0.4, 0.5) is 5.69 Å². The number of anilines is 1. The molecular weight excluding hydrogens is 424 g/mol. The lowest BCUT2D eigenvalue weighted by molar-refractivity contribution is 0.478. The van der Waals surface area contributed by atoms with Crippen LogP contribution in [0.3, 0.4) is 0 Å². The van der Waals surface area contributed by atoms with Crippen molar-refractivity contribution in [3.8, 4) is 5.75 Å². The van der Waals surface area contributed by atoms with Crippen LogP contribution < -0.4 is 10.9 Å². The van der Waals surface area contributed by atoms with Gasteiger partial charge < -0.3 is 10.4 Å². The molecule has 1 aliphatic heterocycles. The van der Waals surface area contributed by atoms with Crippen molar-refractivity contribution >= 4 is 43.1 Å². The van der Waals surface area contributed by atoms with E-state index in [0.717, 1.165) is 5.56 Å². The molecule has 0 atom stereocenters. The maximum absolute atomic E-state index is 13.4. The molecule has 150 valence electrons. The van der Waals surface area contributed by atoms with Crippen LogP contribution >= 0.6 is 11.3 Å². The number of fused-ring (bicyclic) bond motifs is 2. The molecule has 3 aromatic heterocycles. The van der Waals surface area contributed by atoms with Crippen molar-refractivity contribution in [2.24, 2.45) is 4.40 Å². The fraction of sp³-hybridized carbons (Fsp3) is 0.0500. The SMILES string of the molecule is O=c1c(C2=NS(=O)(=O)c3ccccc3N2)c(O)c2ccsc2n1Cc1ccncc1. The predicted octanol–water partition coefficient (Wildman–Crippen LogP) is 2.77. The zero-order valence-electron chi connectivity index (χ0n) is 15.3. The summed E-state index contributed by atoms with van der Waals surface area (Å²) in [5.41, 5.74) is 0.412. The molecule has 30 heavy (non-hydrogen) atoms. The molecule has 0 amide bonds. The maximum atomic E-state index is 13.4. The average molecular weight is 438 g/mol. The number of amidine groups is 1. The first-order valence-electron chi connectivity index (χ1n) is 8.89. The number of aromatic hydroxyl groups is 1. The Bertz CT molecular complexity index is 1490. The molecule has 0 radical (unpaired) electrons. The molecule has 8 nitrogen and oxygen atoms in total. The summed E-state index contributed by atoms with van der Waals surface area (Å²) in [6, 6.07) is 11.5. The van der Waals surface area contributed by atoms with Crippen molar-refractivity contribution in [1.29, 1.82) is 0 Å². The highest BCUT2D eigenvalue weighted by Gasteiger charge is 2.29. The fourth-order valence-electron chi connectivity index (χ4n) is 3.40. The number of benzene rings is 1. The Hall–Kier alpha value is -3.50. The van der Waals surface area contributed by atoms with Gasteiger partial charge in [-0.25, -0.2) is 0 Å². The van der Waals surface area contributed by atoms with Crippen LogP contribution in [0, 0.1) is 0 Å². The van der Waals surface area contributed by atoms with Gasteiger partial charge in [0, 0.05) is 12.4 Å². The summed E-state index contributed by atoms with van der Waals surface area (Å²) in [5.74, 6) is -0.504. The van der Waals surface area contributed by atoms with Gasteiger partial charge in [-0.05, 0) is 41.3 Å². The molecule has 0 spiro atoms. The minimum Gasteiger partial charge on any atom is -0.506 e. The Labute approximate surface area is 174 Å². The molecule has 10 heteroatoms. The first kappa shape index (κ1) is 18.5. The number of sulfonamides is 1. The third kappa shape index (κ3) is 2.88. The monoisotopic (exact) mass is 438 g/mol. The Morgan fingerprint density at radius 1 is 1.10 bits per heavy atom. The lowest BCUT2D eigenvalue weighted by Gasteiger charge is -2.19.